The molecule has 0 saturated heterocycles. The van der Waals surface area contributed by atoms with Crippen molar-refractivity contribution >= 4 is 37.5 Å². The minimum Gasteiger partial charge on any atom is -0.381 e. The lowest BCUT2D eigenvalue weighted by Crippen LogP contribution is -2.34. The third kappa shape index (κ3) is 2.91. The van der Waals surface area contributed by atoms with Gasteiger partial charge in [-0.25, -0.2) is 4.98 Å². The molecule has 1 heterocycles. The van der Waals surface area contributed by atoms with Gasteiger partial charge in [0.2, 0.25) is 0 Å². The van der Waals surface area contributed by atoms with Crippen molar-refractivity contribution in [1.29, 1.82) is 0 Å². The molecule has 0 bridgehead atoms. The molecule has 104 valence electrons. The summed E-state index contributed by atoms with van der Waals surface area (Å²) in [5.41, 5.74) is 3.61. The van der Waals surface area contributed by atoms with Crippen LogP contribution in [0.1, 0.15) is 30.0 Å². The lowest BCUT2D eigenvalue weighted by Gasteiger charge is -2.37. The second-order valence-corrected chi connectivity index (χ2v) is 6.96. The predicted molar refractivity (Wildman–Crippen MR) is 90.2 cm³/mol. The van der Waals surface area contributed by atoms with E-state index >= 15 is 0 Å². The molecule has 0 aliphatic heterocycles. The molecule has 0 spiro atoms. The summed E-state index contributed by atoms with van der Waals surface area (Å²) in [5.74, 6) is 0.659. The van der Waals surface area contributed by atoms with E-state index < -0.39 is 0 Å². The molecule has 1 aromatic carbocycles. The Labute approximate surface area is 136 Å². The number of nitrogens with zero attached hydrogens (tertiary/aromatic N) is 1. The number of rotatable bonds is 3. The zero-order chi connectivity index (χ0) is 14.1. The zero-order valence-electron chi connectivity index (χ0n) is 11.2. The summed E-state index contributed by atoms with van der Waals surface area (Å²) < 4.78 is 2.12. The van der Waals surface area contributed by atoms with Gasteiger partial charge in [0, 0.05) is 10.5 Å². The van der Waals surface area contributed by atoms with Crippen molar-refractivity contribution in [3.8, 4) is 0 Å². The van der Waals surface area contributed by atoms with E-state index in [1.165, 1.54) is 22.9 Å². The van der Waals surface area contributed by atoms with Crippen molar-refractivity contribution in [1.82, 2.24) is 4.98 Å². The first kappa shape index (κ1) is 14.1. The SMILES string of the molecule is Cc1nc(Br)ccc1NC1CC(c2ccccc2Br)C1. The normalized spacial score (nSPS) is 21.4. The van der Waals surface area contributed by atoms with Crippen LogP contribution in [-0.2, 0) is 0 Å². The fourth-order valence-corrected chi connectivity index (χ4v) is 3.71. The Balaban J connectivity index is 1.62. The molecule has 1 aromatic heterocycles. The number of hydrogen-bond acceptors (Lipinski definition) is 2. The second-order valence-electron chi connectivity index (χ2n) is 5.30. The average molecular weight is 396 g/mol. The van der Waals surface area contributed by atoms with Crippen LogP contribution in [0.3, 0.4) is 0 Å². The van der Waals surface area contributed by atoms with Crippen LogP contribution in [-0.4, -0.2) is 11.0 Å². The summed E-state index contributed by atoms with van der Waals surface area (Å²) in [6, 6.07) is 13.2. The lowest BCUT2D eigenvalue weighted by molar-refractivity contribution is 0.373. The summed E-state index contributed by atoms with van der Waals surface area (Å²) in [7, 11) is 0. The highest BCUT2D eigenvalue weighted by Gasteiger charge is 2.31. The van der Waals surface area contributed by atoms with Crippen molar-refractivity contribution in [2.24, 2.45) is 0 Å². The lowest BCUT2D eigenvalue weighted by atomic mass is 9.76. The van der Waals surface area contributed by atoms with Crippen LogP contribution >= 0.6 is 31.9 Å². The molecule has 4 heteroatoms. The summed E-state index contributed by atoms with van der Waals surface area (Å²) in [6.07, 6.45) is 2.36. The van der Waals surface area contributed by atoms with E-state index in [4.69, 9.17) is 0 Å². The van der Waals surface area contributed by atoms with E-state index in [-0.39, 0.29) is 0 Å². The molecule has 1 N–H and O–H groups in total. The maximum absolute atomic E-state index is 4.42. The first-order valence-electron chi connectivity index (χ1n) is 6.77. The number of anilines is 1. The fourth-order valence-electron chi connectivity index (χ4n) is 2.70. The quantitative estimate of drug-likeness (QED) is 0.715. The highest BCUT2D eigenvalue weighted by Crippen LogP contribution is 2.41. The molecule has 2 aromatic rings. The third-order valence-electron chi connectivity index (χ3n) is 3.89. The van der Waals surface area contributed by atoms with E-state index in [2.05, 4.69) is 72.5 Å². The Bertz CT molecular complexity index is 622. The smallest absolute Gasteiger partial charge is 0.106 e. The molecule has 1 fully saturated rings. The Morgan fingerprint density at radius 2 is 1.85 bits per heavy atom. The zero-order valence-corrected chi connectivity index (χ0v) is 14.4. The van der Waals surface area contributed by atoms with Gasteiger partial charge < -0.3 is 5.32 Å². The van der Waals surface area contributed by atoms with Gasteiger partial charge in [0.15, 0.2) is 0 Å². The Kier molecular flexibility index (Phi) is 4.13. The van der Waals surface area contributed by atoms with Gasteiger partial charge in [0.1, 0.15) is 4.60 Å². The first-order chi connectivity index (χ1) is 9.63. The van der Waals surface area contributed by atoms with Gasteiger partial charge in [-0.2, -0.15) is 0 Å². The van der Waals surface area contributed by atoms with E-state index in [9.17, 15) is 0 Å². The van der Waals surface area contributed by atoms with Crippen LogP contribution in [0.4, 0.5) is 5.69 Å². The molecule has 1 aliphatic carbocycles. The monoisotopic (exact) mass is 394 g/mol. The molecule has 0 unspecified atom stereocenters. The summed E-state index contributed by atoms with van der Waals surface area (Å²) in [4.78, 5) is 4.42. The van der Waals surface area contributed by atoms with Gasteiger partial charge in [0.05, 0.1) is 11.4 Å². The summed E-state index contributed by atoms with van der Waals surface area (Å²) >= 11 is 7.04. The molecular formula is C16H16Br2N2. The third-order valence-corrected chi connectivity index (χ3v) is 5.06. The van der Waals surface area contributed by atoms with E-state index in [1.807, 2.05) is 13.0 Å². The number of halogens is 2. The highest BCUT2D eigenvalue weighted by atomic mass is 79.9. The molecular weight excluding hydrogens is 380 g/mol. The van der Waals surface area contributed by atoms with Crippen molar-refractivity contribution in [3.05, 3.63) is 56.7 Å². The highest BCUT2D eigenvalue weighted by molar-refractivity contribution is 9.10. The van der Waals surface area contributed by atoms with Gasteiger partial charge in [-0.3, -0.25) is 0 Å². The molecule has 0 atom stereocenters. The van der Waals surface area contributed by atoms with Gasteiger partial charge in [-0.15, -0.1) is 0 Å². The Hall–Kier alpha value is -0.870. The maximum Gasteiger partial charge on any atom is 0.106 e. The topological polar surface area (TPSA) is 24.9 Å². The molecule has 0 amide bonds. The van der Waals surface area contributed by atoms with Crippen LogP contribution in [0.15, 0.2) is 45.5 Å². The van der Waals surface area contributed by atoms with Crippen molar-refractivity contribution < 1.29 is 0 Å². The molecule has 0 radical (unpaired) electrons. The number of hydrogen-bond donors (Lipinski definition) is 1. The fraction of sp³-hybridized carbons (Fsp3) is 0.312. The number of aromatic nitrogens is 1. The largest absolute Gasteiger partial charge is 0.381 e. The van der Waals surface area contributed by atoms with Crippen molar-refractivity contribution in [3.63, 3.8) is 0 Å². The number of pyridine rings is 1. The summed E-state index contributed by atoms with van der Waals surface area (Å²) in [6.45, 7) is 2.04. The van der Waals surface area contributed by atoms with Crippen LogP contribution in [0.2, 0.25) is 0 Å². The van der Waals surface area contributed by atoms with Crippen molar-refractivity contribution in [2.45, 2.75) is 31.7 Å². The second kappa shape index (κ2) is 5.86. The van der Waals surface area contributed by atoms with Crippen LogP contribution in [0, 0.1) is 6.92 Å². The minimum atomic E-state index is 0.550. The van der Waals surface area contributed by atoms with Crippen LogP contribution in [0.25, 0.3) is 0 Å². The summed E-state index contributed by atoms with van der Waals surface area (Å²) in [5, 5.41) is 3.59. The van der Waals surface area contributed by atoms with Gasteiger partial charge >= 0.3 is 0 Å². The average Bonchev–Trinajstić information content (AvgIpc) is 2.37. The number of aryl methyl sites for hydroxylation is 1. The number of benzene rings is 1. The maximum atomic E-state index is 4.42. The first-order valence-corrected chi connectivity index (χ1v) is 8.36. The van der Waals surface area contributed by atoms with E-state index in [0.29, 0.717) is 12.0 Å². The molecule has 20 heavy (non-hydrogen) atoms. The van der Waals surface area contributed by atoms with E-state index in [1.54, 1.807) is 0 Å². The Morgan fingerprint density at radius 1 is 1.10 bits per heavy atom. The molecule has 3 rings (SSSR count). The standard InChI is InChI=1S/C16H16Br2N2/c1-10-15(6-7-16(18)19-10)20-12-8-11(9-12)13-4-2-3-5-14(13)17/h2-7,11-12,20H,8-9H2,1H3. The van der Waals surface area contributed by atoms with Crippen LogP contribution < -0.4 is 5.32 Å². The minimum absolute atomic E-state index is 0.550. The molecule has 1 saturated carbocycles. The van der Waals surface area contributed by atoms with Gasteiger partial charge in [-0.1, -0.05) is 34.1 Å². The molecule has 1 aliphatic rings. The van der Waals surface area contributed by atoms with Crippen LogP contribution in [0.5, 0.6) is 0 Å². The van der Waals surface area contributed by atoms with Gasteiger partial charge in [0.25, 0.3) is 0 Å². The van der Waals surface area contributed by atoms with E-state index in [0.717, 1.165) is 16.0 Å². The molecule has 2 nitrogen and oxygen atoms in total. The van der Waals surface area contributed by atoms with Crippen molar-refractivity contribution in [2.75, 3.05) is 5.32 Å². The number of nitrogens with one attached hydrogen (secondary N) is 1. The predicted octanol–water partition coefficient (Wildman–Crippen LogP) is 5.27. The van der Waals surface area contributed by atoms with Gasteiger partial charge in [-0.05, 0) is 65.4 Å². The Morgan fingerprint density at radius 3 is 2.55 bits per heavy atom.